The van der Waals surface area contributed by atoms with E-state index >= 15 is 0 Å². The van der Waals surface area contributed by atoms with Crippen molar-refractivity contribution < 1.29 is 13.9 Å². The van der Waals surface area contributed by atoms with E-state index in [2.05, 4.69) is 10.3 Å². The van der Waals surface area contributed by atoms with Crippen LogP contribution in [0.2, 0.25) is 5.02 Å². The highest BCUT2D eigenvalue weighted by Gasteiger charge is 2.12. The second-order valence-corrected chi connectivity index (χ2v) is 6.55. The number of nitrogens with zero attached hydrogens (tertiary/aromatic N) is 1. The molecule has 1 aromatic carbocycles. The Labute approximate surface area is 142 Å². The summed E-state index contributed by atoms with van der Waals surface area (Å²) < 4.78 is 10.5. The van der Waals surface area contributed by atoms with E-state index in [1.807, 2.05) is 6.07 Å². The lowest BCUT2D eigenvalue weighted by molar-refractivity contribution is -0.115. The highest BCUT2D eigenvalue weighted by atomic mass is 35.5. The summed E-state index contributed by atoms with van der Waals surface area (Å²) in [5.41, 5.74) is 1.50. The summed E-state index contributed by atoms with van der Waals surface area (Å²) in [5, 5.41) is 4.91. The number of nitrogens with one attached hydrogen (secondary N) is 1. The number of aromatic nitrogens is 1. The molecule has 0 spiro atoms. The van der Waals surface area contributed by atoms with Crippen LogP contribution in [-0.4, -0.2) is 24.6 Å². The monoisotopic (exact) mass is 350 g/mol. The van der Waals surface area contributed by atoms with Gasteiger partial charge in [-0.15, -0.1) is 11.3 Å². The molecule has 2 aromatic heterocycles. The second kappa shape index (κ2) is 7.12. The Morgan fingerprint density at radius 1 is 1.48 bits per heavy atom. The van der Waals surface area contributed by atoms with Crippen LogP contribution in [0.3, 0.4) is 0 Å². The summed E-state index contributed by atoms with van der Waals surface area (Å²) in [6.45, 7) is 0.638. The van der Waals surface area contributed by atoms with E-state index in [0.717, 1.165) is 22.2 Å². The predicted molar refractivity (Wildman–Crippen MR) is 91.3 cm³/mol. The maximum absolute atomic E-state index is 12.2. The fraction of sp³-hybridized carbons (Fsp3) is 0.250. The molecule has 0 saturated carbocycles. The number of carbonyl (C=O) groups is 1. The minimum atomic E-state index is -0.129. The second-order valence-electron chi connectivity index (χ2n) is 5.00. The molecule has 0 radical (unpaired) electrons. The SMILES string of the molecule is COCCc1cnc(NC(=O)Cc2coc3cc(Cl)ccc23)s1. The number of furan rings is 1. The van der Waals surface area contributed by atoms with Crippen LogP contribution in [0.25, 0.3) is 11.0 Å². The lowest BCUT2D eigenvalue weighted by Crippen LogP contribution is -2.13. The number of benzene rings is 1. The van der Waals surface area contributed by atoms with Crippen LogP contribution in [0.1, 0.15) is 10.4 Å². The third-order valence-electron chi connectivity index (χ3n) is 3.32. The first-order valence-corrected chi connectivity index (χ1v) is 8.24. The Balaban J connectivity index is 1.65. The summed E-state index contributed by atoms with van der Waals surface area (Å²) in [6.07, 6.45) is 4.36. The average Bonchev–Trinajstić information content (AvgIpc) is 3.12. The Bertz CT molecular complexity index is 828. The zero-order valence-electron chi connectivity index (χ0n) is 12.5. The fourth-order valence-corrected chi connectivity index (χ4v) is 3.19. The molecule has 0 saturated heterocycles. The number of hydrogen-bond donors (Lipinski definition) is 1. The van der Waals surface area contributed by atoms with Crippen molar-refractivity contribution in [3.05, 3.63) is 46.1 Å². The van der Waals surface area contributed by atoms with Crippen LogP contribution in [0, 0.1) is 0 Å². The van der Waals surface area contributed by atoms with Gasteiger partial charge in [0.05, 0.1) is 19.3 Å². The minimum absolute atomic E-state index is 0.129. The van der Waals surface area contributed by atoms with Gasteiger partial charge in [0, 0.05) is 40.6 Å². The Morgan fingerprint density at radius 3 is 3.17 bits per heavy atom. The quantitative estimate of drug-likeness (QED) is 0.732. The van der Waals surface area contributed by atoms with E-state index in [1.54, 1.807) is 31.7 Å². The van der Waals surface area contributed by atoms with Crippen LogP contribution in [-0.2, 0) is 22.4 Å². The van der Waals surface area contributed by atoms with Crippen molar-refractivity contribution in [3.8, 4) is 0 Å². The minimum Gasteiger partial charge on any atom is -0.464 e. The molecular formula is C16H15ClN2O3S. The van der Waals surface area contributed by atoms with Gasteiger partial charge in [-0.2, -0.15) is 0 Å². The molecule has 1 amide bonds. The molecule has 23 heavy (non-hydrogen) atoms. The van der Waals surface area contributed by atoms with Crippen molar-refractivity contribution in [2.24, 2.45) is 0 Å². The average molecular weight is 351 g/mol. The van der Waals surface area contributed by atoms with Gasteiger partial charge in [0.25, 0.3) is 0 Å². The third kappa shape index (κ3) is 3.90. The van der Waals surface area contributed by atoms with Crippen LogP contribution >= 0.6 is 22.9 Å². The highest BCUT2D eigenvalue weighted by molar-refractivity contribution is 7.15. The van der Waals surface area contributed by atoms with E-state index in [4.69, 9.17) is 20.8 Å². The molecule has 1 N–H and O–H groups in total. The Morgan fingerprint density at radius 2 is 2.35 bits per heavy atom. The molecule has 0 atom stereocenters. The molecule has 0 unspecified atom stereocenters. The van der Waals surface area contributed by atoms with Crippen molar-refractivity contribution in [2.75, 3.05) is 19.0 Å². The van der Waals surface area contributed by atoms with Crippen LogP contribution in [0.5, 0.6) is 0 Å². The van der Waals surface area contributed by atoms with Gasteiger partial charge in [0.15, 0.2) is 5.13 Å². The summed E-state index contributed by atoms with van der Waals surface area (Å²) >= 11 is 7.38. The van der Waals surface area contributed by atoms with E-state index in [9.17, 15) is 4.79 Å². The zero-order chi connectivity index (χ0) is 16.2. The number of hydrogen-bond acceptors (Lipinski definition) is 5. The molecular weight excluding hydrogens is 336 g/mol. The predicted octanol–water partition coefficient (Wildman–Crippen LogP) is 3.91. The van der Waals surface area contributed by atoms with Gasteiger partial charge in [-0.05, 0) is 18.2 Å². The van der Waals surface area contributed by atoms with Gasteiger partial charge in [0.1, 0.15) is 5.58 Å². The van der Waals surface area contributed by atoms with Gasteiger partial charge in [-0.25, -0.2) is 4.98 Å². The summed E-state index contributed by atoms with van der Waals surface area (Å²) in [4.78, 5) is 17.5. The molecule has 5 nitrogen and oxygen atoms in total. The Kier molecular flexibility index (Phi) is 4.95. The normalized spacial score (nSPS) is 11.0. The topological polar surface area (TPSA) is 64.4 Å². The third-order valence-corrected chi connectivity index (χ3v) is 4.53. The maximum Gasteiger partial charge on any atom is 0.230 e. The Hall–Kier alpha value is -1.89. The number of thiazole rings is 1. The molecule has 0 aliphatic rings. The van der Waals surface area contributed by atoms with Crippen LogP contribution in [0.15, 0.2) is 35.1 Å². The highest BCUT2D eigenvalue weighted by Crippen LogP contribution is 2.25. The maximum atomic E-state index is 12.2. The number of halogens is 1. The number of rotatable bonds is 6. The van der Waals surface area contributed by atoms with Crippen molar-refractivity contribution in [1.82, 2.24) is 4.98 Å². The lowest BCUT2D eigenvalue weighted by Gasteiger charge is -2.00. The standard InChI is InChI=1S/C16H15ClN2O3S/c1-21-5-4-12-8-18-16(23-12)19-15(20)6-10-9-22-14-7-11(17)2-3-13(10)14/h2-3,7-9H,4-6H2,1H3,(H,18,19,20). The van der Waals surface area contributed by atoms with Gasteiger partial charge in [0.2, 0.25) is 5.91 Å². The van der Waals surface area contributed by atoms with Crippen molar-refractivity contribution >= 4 is 44.9 Å². The van der Waals surface area contributed by atoms with E-state index in [-0.39, 0.29) is 12.3 Å². The first-order valence-electron chi connectivity index (χ1n) is 7.05. The summed E-state index contributed by atoms with van der Waals surface area (Å²) in [5.74, 6) is -0.129. The molecule has 0 aliphatic heterocycles. The van der Waals surface area contributed by atoms with E-state index < -0.39 is 0 Å². The van der Waals surface area contributed by atoms with Crippen molar-refractivity contribution in [1.29, 1.82) is 0 Å². The molecule has 3 aromatic rings. The van der Waals surface area contributed by atoms with Crippen LogP contribution < -0.4 is 5.32 Å². The van der Waals surface area contributed by atoms with E-state index in [1.165, 1.54) is 11.3 Å². The van der Waals surface area contributed by atoms with Gasteiger partial charge in [-0.3, -0.25) is 4.79 Å². The number of amides is 1. The van der Waals surface area contributed by atoms with Crippen LogP contribution in [0.4, 0.5) is 5.13 Å². The first-order chi connectivity index (χ1) is 11.2. The largest absolute Gasteiger partial charge is 0.464 e. The van der Waals surface area contributed by atoms with Gasteiger partial charge >= 0.3 is 0 Å². The summed E-state index contributed by atoms with van der Waals surface area (Å²) in [7, 11) is 1.66. The zero-order valence-corrected chi connectivity index (χ0v) is 14.0. The van der Waals surface area contributed by atoms with Gasteiger partial charge < -0.3 is 14.5 Å². The molecule has 0 aliphatic carbocycles. The number of anilines is 1. The first kappa shape index (κ1) is 16.0. The lowest BCUT2D eigenvalue weighted by atomic mass is 10.1. The molecule has 0 bridgehead atoms. The summed E-state index contributed by atoms with van der Waals surface area (Å²) in [6, 6.07) is 5.38. The fourth-order valence-electron chi connectivity index (χ4n) is 2.21. The molecule has 7 heteroatoms. The number of methoxy groups -OCH3 is 1. The molecule has 3 rings (SSSR count). The molecule has 0 fully saturated rings. The smallest absolute Gasteiger partial charge is 0.230 e. The van der Waals surface area contributed by atoms with E-state index in [0.29, 0.717) is 22.3 Å². The number of carbonyl (C=O) groups excluding carboxylic acids is 1. The number of ether oxygens (including phenoxy) is 1. The molecule has 120 valence electrons. The van der Waals surface area contributed by atoms with Crippen molar-refractivity contribution in [3.63, 3.8) is 0 Å². The van der Waals surface area contributed by atoms with Crippen molar-refractivity contribution in [2.45, 2.75) is 12.8 Å². The number of fused-ring (bicyclic) bond motifs is 1. The molecule has 2 heterocycles. The van der Waals surface area contributed by atoms with Gasteiger partial charge in [-0.1, -0.05) is 11.6 Å².